The van der Waals surface area contributed by atoms with Gasteiger partial charge in [-0.25, -0.2) is 4.98 Å². The Labute approximate surface area is 150 Å². The van der Waals surface area contributed by atoms with Crippen LogP contribution >= 0.6 is 0 Å². The van der Waals surface area contributed by atoms with Gasteiger partial charge in [0.05, 0.1) is 24.2 Å². The summed E-state index contributed by atoms with van der Waals surface area (Å²) in [6.07, 6.45) is 3.64. The molecule has 0 spiro atoms. The molecule has 136 valence electrons. The van der Waals surface area contributed by atoms with Gasteiger partial charge in [-0.05, 0) is 30.7 Å². The summed E-state index contributed by atoms with van der Waals surface area (Å²) in [7, 11) is 0. The molecule has 2 aliphatic heterocycles. The SMILES string of the molecule is CCCCN1CCc2nc3cc(CN4CCOCC4)ccc3n2CC1. The predicted molar refractivity (Wildman–Crippen MR) is 101 cm³/mol. The molecule has 5 heteroatoms. The summed E-state index contributed by atoms with van der Waals surface area (Å²) in [5.74, 6) is 1.26. The van der Waals surface area contributed by atoms with E-state index in [2.05, 4.69) is 39.5 Å². The van der Waals surface area contributed by atoms with Crippen LogP contribution in [0.25, 0.3) is 11.0 Å². The van der Waals surface area contributed by atoms with Gasteiger partial charge in [0.2, 0.25) is 0 Å². The van der Waals surface area contributed by atoms with Gasteiger partial charge in [-0.3, -0.25) is 4.90 Å². The van der Waals surface area contributed by atoms with Gasteiger partial charge in [0.15, 0.2) is 0 Å². The van der Waals surface area contributed by atoms with E-state index >= 15 is 0 Å². The number of benzene rings is 1. The first-order valence-corrected chi connectivity index (χ1v) is 9.84. The van der Waals surface area contributed by atoms with E-state index in [-0.39, 0.29) is 0 Å². The first-order chi connectivity index (χ1) is 12.3. The van der Waals surface area contributed by atoms with Gasteiger partial charge < -0.3 is 14.2 Å². The van der Waals surface area contributed by atoms with Gasteiger partial charge in [-0.1, -0.05) is 19.4 Å². The lowest BCUT2D eigenvalue weighted by atomic mass is 10.2. The lowest BCUT2D eigenvalue weighted by Gasteiger charge is -2.26. The minimum atomic E-state index is 0.857. The number of rotatable bonds is 5. The van der Waals surface area contributed by atoms with Crippen molar-refractivity contribution < 1.29 is 4.74 Å². The summed E-state index contributed by atoms with van der Waals surface area (Å²) in [6.45, 7) is 11.6. The Morgan fingerprint density at radius 2 is 1.92 bits per heavy atom. The first-order valence-electron chi connectivity index (χ1n) is 9.84. The molecule has 0 unspecified atom stereocenters. The molecule has 4 rings (SSSR count). The molecule has 2 aliphatic rings. The van der Waals surface area contributed by atoms with Crippen molar-refractivity contribution in [2.24, 2.45) is 0 Å². The van der Waals surface area contributed by atoms with E-state index in [0.717, 1.165) is 58.9 Å². The molecule has 0 radical (unpaired) electrons. The van der Waals surface area contributed by atoms with E-state index in [9.17, 15) is 0 Å². The lowest BCUT2D eigenvalue weighted by molar-refractivity contribution is 0.0342. The van der Waals surface area contributed by atoms with E-state index in [0.29, 0.717) is 0 Å². The van der Waals surface area contributed by atoms with Crippen LogP contribution in [0.2, 0.25) is 0 Å². The molecule has 0 saturated carbocycles. The van der Waals surface area contributed by atoms with Crippen LogP contribution < -0.4 is 0 Å². The molecule has 0 atom stereocenters. The van der Waals surface area contributed by atoms with Gasteiger partial charge in [-0.2, -0.15) is 0 Å². The zero-order valence-corrected chi connectivity index (χ0v) is 15.4. The van der Waals surface area contributed by atoms with Gasteiger partial charge in [0.25, 0.3) is 0 Å². The number of morpholine rings is 1. The number of ether oxygens (including phenoxy) is 1. The highest BCUT2D eigenvalue weighted by Gasteiger charge is 2.18. The molecular weight excluding hydrogens is 312 g/mol. The third kappa shape index (κ3) is 3.89. The van der Waals surface area contributed by atoms with Crippen LogP contribution in [0.4, 0.5) is 0 Å². The van der Waals surface area contributed by atoms with Crippen molar-refractivity contribution in [2.75, 3.05) is 45.9 Å². The summed E-state index contributed by atoms with van der Waals surface area (Å²) >= 11 is 0. The average Bonchev–Trinajstić information content (AvgIpc) is 2.86. The minimum absolute atomic E-state index is 0.857. The number of aromatic nitrogens is 2. The Morgan fingerprint density at radius 1 is 1.04 bits per heavy atom. The minimum Gasteiger partial charge on any atom is -0.379 e. The molecule has 3 heterocycles. The van der Waals surface area contributed by atoms with Crippen LogP contribution in [0.5, 0.6) is 0 Å². The fourth-order valence-corrected chi connectivity index (χ4v) is 4.00. The standard InChI is InChI=1S/C20H30N4O/c1-2-3-7-22-8-6-20-21-18-15-17(16-23-11-13-25-14-12-23)4-5-19(18)24(20)10-9-22/h4-5,15H,2-3,6-14,16H2,1H3. The van der Waals surface area contributed by atoms with Crippen LogP contribution in [0.1, 0.15) is 31.2 Å². The number of hydrogen-bond donors (Lipinski definition) is 0. The van der Waals surface area contributed by atoms with Crippen molar-refractivity contribution in [3.8, 4) is 0 Å². The normalized spacial score (nSPS) is 19.9. The van der Waals surface area contributed by atoms with Crippen molar-refractivity contribution in [3.05, 3.63) is 29.6 Å². The van der Waals surface area contributed by atoms with E-state index in [1.54, 1.807) is 0 Å². The molecule has 1 aromatic carbocycles. The van der Waals surface area contributed by atoms with Gasteiger partial charge >= 0.3 is 0 Å². The topological polar surface area (TPSA) is 33.5 Å². The largest absolute Gasteiger partial charge is 0.379 e. The second kappa shape index (κ2) is 7.85. The van der Waals surface area contributed by atoms with Crippen LogP contribution in [-0.2, 0) is 24.2 Å². The monoisotopic (exact) mass is 342 g/mol. The second-order valence-corrected chi connectivity index (χ2v) is 7.34. The molecule has 0 amide bonds. The Hall–Kier alpha value is -1.43. The maximum absolute atomic E-state index is 5.45. The quantitative estimate of drug-likeness (QED) is 0.836. The average molecular weight is 342 g/mol. The van der Waals surface area contributed by atoms with E-state index in [1.807, 2.05) is 0 Å². The molecule has 5 nitrogen and oxygen atoms in total. The maximum Gasteiger partial charge on any atom is 0.111 e. The molecule has 1 saturated heterocycles. The number of imidazole rings is 1. The Kier molecular flexibility index (Phi) is 5.34. The van der Waals surface area contributed by atoms with Crippen molar-refractivity contribution in [2.45, 2.75) is 39.3 Å². The fraction of sp³-hybridized carbons (Fsp3) is 0.650. The highest BCUT2D eigenvalue weighted by atomic mass is 16.5. The highest BCUT2D eigenvalue weighted by molar-refractivity contribution is 5.77. The zero-order valence-electron chi connectivity index (χ0n) is 15.4. The van der Waals surface area contributed by atoms with Crippen LogP contribution in [-0.4, -0.2) is 65.3 Å². The molecule has 0 N–H and O–H groups in total. The van der Waals surface area contributed by atoms with E-state index < -0.39 is 0 Å². The molecule has 2 aromatic rings. The summed E-state index contributed by atoms with van der Waals surface area (Å²) in [4.78, 5) is 10.0. The fourth-order valence-electron chi connectivity index (χ4n) is 4.00. The van der Waals surface area contributed by atoms with Crippen LogP contribution in [0.3, 0.4) is 0 Å². The van der Waals surface area contributed by atoms with Crippen molar-refractivity contribution in [1.29, 1.82) is 0 Å². The molecule has 0 bridgehead atoms. The summed E-state index contributed by atoms with van der Waals surface area (Å²) in [6, 6.07) is 6.86. The predicted octanol–water partition coefficient (Wildman–Crippen LogP) is 2.53. The van der Waals surface area contributed by atoms with Gasteiger partial charge in [0.1, 0.15) is 5.82 Å². The maximum atomic E-state index is 5.45. The number of unbranched alkanes of at least 4 members (excludes halogenated alkanes) is 1. The van der Waals surface area contributed by atoms with Gasteiger partial charge in [0, 0.05) is 45.7 Å². The lowest BCUT2D eigenvalue weighted by Crippen LogP contribution is -2.35. The summed E-state index contributed by atoms with van der Waals surface area (Å²) < 4.78 is 7.89. The highest BCUT2D eigenvalue weighted by Crippen LogP contribution is 2.21. The zero-order chi connectivity index (χ0) is 17.1. The Bertz CT molecular complexity index is 705. The molecule has 25 heavy (non-hydrogen) atoms. The Balaban J connectivity index is 1.48. The van der Waals surface area contributed by atoms with Crippen LogP contribution in [0, 0.1) is 0 Å². The van der Waals surface area contributed by atoms with Crippen molar-refractivity contribution in [3.63, 3.8) is 0 Å². The molecular formula is C20H30N4O. The Morgan fingerprint density at radius 3 is 2.76 bits per heavy atom. The van der Waals surface area contributed by atoms with Crippen LogP contribution in [0.15, 0.2) is 18.2 Å². The summed E-state index contributed by atoms with van der Waals surface area (Å²) in [5, 5.41) is 0. The smallest absolute Gasteiger partial charge is 0.111 e. The van der Waals surface area contributed by atoms with Crippen molar-refractivity contribution >= 4 is 11.0 Å². The summed E-state index contributed by atoms with van der Waals surface area (Å²) in [5.41, 5.74) is 3.84. The van der Waals surface area contributed by atoms with E-state index in [1.165, 1.54) is 41.8 Å². The molecule has 0 aliphatic carbocycles. The first kappa shape index (κ1) is 17.0. The van der Waals surface area contributed by atoms with Crippen molar-refractivity contribution in [1.82, 2.24) is 19.4 Å². The second-order valence-electron chi connectivity index (χ2n) is 7.34. The molecule has 1 fully saturated rings. The number of nitrogens with zero attached hydrogens (tertiary/aromatic N) is 4. The van der Waals surface area contributed by atoms with Gasteiger partial charge in [-0.15, -0.1) is 0 Å². The van der Waals surface area contributed by atoms with E-state index in [4.69, 9.17) is 9.72 Å². The third-order valence-electron chi connectivity index (χ3n) is 5.52. The molecule has 1 aromatic heterocycles. The number of hydrogen-bond acceptors (Lipinski definition) is 4. The third-order valence-corrected chi connectivity index (χ3v) is 5.52. The number of fused-ring (bicyclic) bond motifs is 3.